The summed E-state index contributed by atoms with van der Waals surface area (Å²) in [7, 11) is 2.31. The third-order valence-electron chi connectivity index (χ3n) is 3.47. The van der Waals surface area contributed by atoms with Gasteiger partial charge in [-0.1, -0.05) is 22.6 Å². The van der Waals surface area contributed by atoms with Crippen LogP contribution in [0.2, 0.25) is 0 Å². The molecule has 2 rings (SSSR count). The number of hydrogen-bond donors (Lipinski definition) is 0. The van der Waals surface area contributed by atoms with Gasteiger partial charge in [-0.3, -0.25) is 0 Å². The van der Waals surface area contributed by atoms with Crippen molar-refractivity contribution in [1.82, 2.24) is 4.90 Å². The minimum Gasteiger partial charge on any atom is -0.301 e. The number of likely N-dealkylation sites (tertiary alicyclic amines) is 1. The van der Waals surface area contributed by atoms with E-state index in [0.29, 0.717) is 5.54 Å². The molecule has 0 radical (unpaired) electrons. The van der Waals surface area contributed by atoms with Crippen LogP contribution in [0.5, 0.6) is 0 Å². The lowest BCUT2D eigenvalue weighted by molar-refractivity contribution is 0.181. The highest BCUT2D eigenvalue weighted by Gasteiger charge is 2.43. The van der Waals surface area contributed by atoms with Gasteiger partial charge >= 0.3 is 0 Å². The second-order valence-electron chi connectivity index (χ2n) is 4.09. The van der Waals surface area contributed by atoms with Gasteiger partial charge in [0.05, 0.1) is 0 Å². The Labute approximate surface area is 82.7 Å². The fraction of sp³-hybridized carbons (Fsp3) is 1.00. The van der Waals surface area contributed by atoms with Gasteiger partial charge in [-0.25, -0.2) is 0 Å². The van der Waals surface area contributed by atoms with Crippen LogP contribution in [0.4, 0.5) is 0 Å². The predicted octanol–water partition coefficient (Wildman–Crippen LogP) is 2.44. The Morgan fingerprint density at radius 1 is 1.45 bits per heavy atom. The molecule has 1 saturated carbocycles. The van der Waals surface area contributed by atoms with Crippen molar-refractivity contribution in [1.29, 1.82) is 0 Å². The van der Waals surface area contributed by atoms with Gasteiger partial charge < -0.3 is 4.90 Å². The highest BCUT2D eigenvalue weighted by molar-refractivity contribution is 14.1. The van der Waals surface area contributed by atoms with Crippen LogP contribution >= 0.6 is 22.6 Å². The van der Waals surface area contributed by atoms with Crippen LogP contribution in [0.3, 0.4) is 0 Å². The maximum atomic E-state index is 2.61. The summed E-state index contributed by atoms with van der Waals surface area (Å²) >= 11 is 2.61. The molecule has 0 aromatic heterocycles. The van der Waals surface area contributed by atoms with E-state index in [9.17, 15) is 0 Å². The fourth-order valence-corrected chi connectivity index (χ4v) is 3.82. The molecule has 1 saturated heterocycles. The standard InChI is InChI=1S/C9H16IN/c1-11-6-2-4-9(11)5-3-8(10)7-9/h8H,2-7H2,1H3. The third kappa shape index (κ3) is 1.32. The first-order valence-electron chi connectivity index (χ1n) is 4.58. The number of hydrogen-bond acceptors (Lipinski definition) is 1. The molecule has 1 aliphatic carbocycles. The lowest BCUT2D eigenvalue weighted by Crippen LogP contribution is -2.38. The molecule has 0 bridgehead atoms. The summed E-state index contributed by atoms with van der Waals surface area (Å²) in [6, 6.07) is 0. The fourth-order valence-electron chi connectivity index (χ4n) is 2.69. The van der Waals surface area contributed by atoms with E-state index in [-0.39, 0.29) is 0 Å². The highest BCUT2D eigenvalue weighted by atomic mass is 127. The number of nitrogens with zero attached hydrogens (tertiary/aromatic N) is 1. The van der Waals surface area contributed by atoms with E-state index in [0.717, 1.165) is 3.92 Å². The topological polar surface area (TPSA) is 3.24 Å². The van der Waals surface area contributed by atoms with E-state index in [1.165, 1.54) is 38.6 Å². The zero-order valence-electron chi connectivity index (χ0n) is 7.15. The van der Waals surface area contributed by atoms with Gasteiger partial charge in [0.15, 0.2) is 0 Å². The second-order valence-corrected chi connectivity index (χ2v) is 5.85. The monoisotopic (exact) mass is 265 g/mol. The van der Waals surface area contributed by atoms with Gasteiger partial charge in [-0.2, -0.15) is 0 Å². The molecule has 0 aromatic rings. The molecule has 2 unspecified atom stereocenters. The molecule has 2 aliphatic rings. The quantitative estimate of drug-likeness (QED) is 0.480. The van der Waals surface area contributed by atoms with Crippen molar-refractivity contribution in [3.8, 4) is 0 Å². The van der Waals surface area contributed by atoms with Gasteiger partial charge in [0.1, 0.15) is 0 Å². The minimum atomic E-state index is 0.645. The van der Waals surface area contributed by atoms with Crippen LogP contribution in [0.15, 0.2) is 0 Å². The molecule has 1 spiro atoms. The molecule has 1 nitrogen and oxygen atoms in total. The molecule has 11 heavy (non-hydrogen) atoms. The van der Waals surface area contributed by atoms with Crippen molar-refractivity contribution in [3.63, 3.8) is 0 Å². The highest BCUT2D eigenvalue weighted by Crippen LogP contribution is 2.44. The second kappa shape index (κ2) is 2.87. The van der Waals surface area contributed by atoms with E-state index in [4.69, 9.17) is 0 Å². The Balaban J connectivity index is 2.10. The summed E-state index contributed by atoms with van der Waals surface area (Å²) < 4.78 is 0.952. The smallest absolute Gasteiger partial charge is 0.0217 e. The maximum Gasteiger partial charge on any atom is 0.0217 e. The van der Waals surface area contributed by atoms with Crippen molar-refractivity contribution in [3.05, 3.63) is 0 Å². The normalized spacial score (nSPS) is 45.8. The Morgan fingerprint density at radius 2 is 2.27 bits per heavy atom. The van der Waals surface area contributed by atoms with Crippen molar-refractivity contribution in [2.45, 2.75) is 41.6 Å². The van der Waals surface area contributed by atoms with Crippen LogP contribution < -0.4 is 0 Å². The summed E-state index contributed by atoms with van der Waals surface area (Å²) in [5, 5.41) is 0. The minimum absolute atomic E-state index is 0.645. The van der Waals surface area contributed by atoms with Crippen LogP contribution in [-0.2, 0) is 0 Å². The molecule has 1 aliphatic heterocycles. The van der Waals surface area contributed by atoms with E-state index in [2.05, 4.69) is 34.5 Å². The molecule has 0 aromatic carbocycles. The zero-order chi connectivity index (χ0) is 7.90. The number of halogens is 1. The van der Waals surface area contributed by atoms with Gasteiger partial charge in [0.25, 0.3) is 0 Å². The Morgan fingerprint density at radius 3 is 2.73 bits per heavy atom. The number of alkyl halides is 1. The molecule has 0 N–H and O–H groups in total. The summed E-state index contributed by atoms with van der Waals surface area (Å²) in [5.41, 5.74) is 0.645. The van der Waals surface area contributed by atoms with Crippen LogP contribution in [-0.4, -0.2) is 28.0 Å². The van der Waals surface area contributed by atoms with E-state index < -0.39 is 0 Å². The lowest BCUT2D eigenvalue weighted by atomic mass is 9.95. The third-order valence-corrected chi connectivity index (χ3v) is 4.53. The Kier molecular flexibility index (Phi) is 2.17. The van der Waals surface area contributed by atoms with Crippen LogP contribution in [0.25, 0.3) is 0 Å². The Bertz CT molecular complexity index is 160. The largest absolute Gasteiger partial charge is 0.301 e. The van der Waals surface area contributed by atoms with Gasteiger partial charge in [0.2, 0.25) is 0 Å². The van der Waals surface area contributed by atoms with Crippen molar-refractivity contribution < 1.29 is 0 Å². The summed E-state index contributed by atoms with van der Waals surface area (Å²) in [5.74, 6) is 0. The molecule has 0 amide bonds. The molecular formula is C9H16IN. The first kappa shape index (κ1) is 8.30. The van der Waals surface area contributed by atoms with Gasteiger partial charge in [-0.15, -0.1) is 0 Å². The van der Waals surface area contributed by atoms with Gasteiger partial charge in [-0.05, 0) is 45.7 Å². The van der Waals surface area contributed by atoms with Crippen molar-refractivity contribution in [2.75, 3.05) is 13.6 Å². The molecule has 2 fully saturated rings. The van der Waals surface area contributed by atoms with E-state index >= 15 is 0 Å². The summed E-state index contributed by atoms with van der Waals surface area (Å²) in [4.78, 5) is 2.60. The van der Waals surface area contributed by atoms with Crippen LogP contribution in [0.1, 0.15) is 32.1 Å². The van der Waals surface area contributed by atoms with Crippen LogP contribution in [0, 0.1) is 0 Å². The van der Waals surface area contributed by atoms with Crippen molar-refractivity contribution in [2.24, 2.45) is 0 Å². The predicted molar refractivity (Wildman–Crippen MR) is 56.3 cm³/mol. The maximum absolute atomic E-state index is 2.61. The van der Waals surface area contributed by atoms with E-state index in [1.54, 1.807) is 0 Å². The Hall–Kier alpha value is 0.690. The zero-order valence-corrected chi connectivity index (χ0v) is 9.30. The summed E-state index contributed by atoms with van der Waals surface area (Å²) in [6.45, 7) is 1.34. The molecule has 1 heterocycles. The first-order valence-corrected chi connectivity index (χ1v) is 5.83. The lowest BCUT2D eigenvalue weighted by Gasteiger charge is -2.31. The first-order chi connectivity index (χ1) is 5.23. The summed E-state index contributed by atoms with van der Waals surface area (Å²) in [6.07, 6.45) is 7.24. The van der Waals surface area contributed by atoms with E-state index in [1.807, 2.05) is 0 Å². The molecule has 2 atom stereocenters. The molecule has 64 valence electrons. The van der Waals surface area contributed by atoms with Crippen molar-refractivity contribution >= 4 is 22.6 Å². The molecule has 2 heteroatoms. The molecular weight excluding hydrogens is 249 g/mol. The average molecular weight is 265 g/mol. The van der Waals surface area contributed by atoms with Gasteiger partial charge in [0, 0.05) is 9.46 Å². The SMILES string of the molecule is CN1CCCC12CCC(I)C2. The number of rotatable bonds is 0. The average Bonchev–Trinajstić information content (AvgIpc) is 2.46.